The van der Waals surface area contributed by atoms with E-state index in [2.05, 4.69) is 171 Å². The van der Waals surface area contributed by atoms with Gasteiger partial charge < -0.3 is 9.13 Å². The first kappa shape index (κ1) is 48.2. The summed E-state index contributed by atoms with van der Waals surface area (Å²) in [7, 11) is 0. The summed E-state index contributed by atoms with van der Waals surface area (Å²) in [5, 5.41) is 14.4. The van der Waals surface area contributed by atoms with E-state index in [9.17, 15) is 5.26 Å². The first-order valence-electron chi connectivity index (χ1n) is 23.6. The molecular weight excluding hydrogens is 889 g/mol. The smallest absolute Gasteiger partial charge is 0.309 e. The van der Waals surface area contributed by atoms with Crippen LogP contribution in [0.2, 0.25) is 0 Å². The minimum atomic E-state index is -5.11. The molecule has 0 bridgehead atoms. The molecule has 0 radical (unpaired) electrons. The van der Waals surface area contributed by atoms with Gasteiger partial charge in [-0.1, -0.05) is 126 Å². The molecule has 0 amide bonds. The third kappa shape index (κ3) is 8.33. The van der Waals surface area contributed by atoms with E-state index in [0.717, 1.165) is 71.9 Å². The largest absolute Gasteiger partial charge is 0.417 e. The maximum absolute atomic E-state index is 15.0. The van der Waals surface area contributed by atoms with Crippen molar-refractivity contribution in [1.82, 2.24) is 9.13 Å². The number of nitrogens with zero attached hydrogens (tertiary/aromatic N) is 3. The second-order valence-corrected chi connectivity index (χ2v) is 22.9. The number of fused-ring (bicyclic) bond motifs is 6. The predicted molar refractivity (Wildman–Crippen MR) is 276 cm³/mol. The van der Waals surface area contributed by atoms with Crippen LogP contribution in [0, 0.1) is 11.3 Å². The summed E-state index contributed by atoms with van der Waals surface area (Å²) in [5.74, 6) is 0. The number of hydrogen-bond donors (Lipinski definition) is 0. The summed E-state index contributed by atoms with van der Waals surface area (Å²) in [6, 6.07) is 39.5. The molecule has 7 aromatic carbocycles. The van der Waals surface area contributed by atoms with Crippen molar-refractivity contribution in [2.75, 3.05) is 0 Å². The second kappa shape index (κ2) is 16.1. The minimum Gasteiger partial charge on any atom is -0.309 e. The van der Waals surface area contributed by atoms with Crippen LogP contribution in [0.1, 0.15) is 122 Å². The fourth-order valence-corrected chi connectivity index (χ4v) is 9.88. The van der Waals surface area contributed by atoms with E-state index in [4.69, 9.17) is 0 Å². The molecule has 0 fully saturated rings. The van der Waals surface area contributed by atoms with Crippen LogP contribution >= 0.6 is 0 Å². The number of nitriles is 1. The number of alkyl halides is 6. The van der Waals surface area contributed by atoms with Gasteiger partial charge in [-0.15, -0.1) is 0 Å². The molecule has 0 aliphatic heterocycles. The lowest BCUT2D eigenvalue weighted by Crippen LogP contribution is -2.14. The molecular formula is C61H57F6N3. The van der Waals surface area contributed by atoms with Crippen LogP contribution in [0.3, 0.4) is 0 Å². The Kier molecular flexibility index (Phi) is 11.1. The van der Waals surface area contributed by atoms with Crippen molar-refractivity contribution in [2.24, 2.45) is 0 Å². The van der Waals surface area contributed by atoms with Crippen molar-refractivity contribution < 1.29 is 26.3 Å². The normalized spacial score (nSPS) is 13.3. The van der Waals surface area contributed by atoms with Gasteiger partial charge in [-0.25, -0.2) is 0 Å². The van der Waals surface area contributed by atoms with E-state index in [-0.39, 0.29) is 27.2 Å². The zero-order valence-corrected chi connectivity index (χ0v) is 41.7. The van der Waals surface area contributed by atoms with Crippen molar-refractivity contribution in [2.45, 2.75) is 117 Å². The van der Waals surface area contributed by atoms with E-state index in [0.29, 0.717) is 40.2 Å². The number of benzene rings is 7. The van der Waals surface area contributed by atoms with Crippen molar-refractivity contribution in [1.29, 1.82) is 5.26 Å². The van der Waals surface area contributed by atoms with Crippen LogP contribution in [-0.2, 0) is 34.0 Å². The fraction of sp³-hybridized carbons (Fsp3) is 0.295. The van der Waals surface area contributed by atoms with Gasteiger partial charge in [0.25, 0.3) is 0 Å². The number of halogens is 6. The van der Waals surface area contributed by atoms with Gasteiger partial charge >= 0.3 is 12.4 Å². The fourth-order valence-electron chi connectivity index (χ4n) is 9.88. The summed E-state index contributed by atoms with van der Waals surface area (Å²) in [5.41, 5.74) is 5.15. The molecule has 0 aliphatic carbocycles. The topological polar surface area (TPSA) is 33.6 Å². The molecule has 0 saturated carbocycles. The first-order valence-corrected chi connectivity index (χ1v) is 23.6. The molecule has 3 nitrogen and oxygen atoms in total. The highest BCUT2D eigenvalue weighted by atomic mass is 19.4. The lowest BCUT2D eigenvalue weighted by molar-refractivity contribution is -0.142. The standard InChI is InChI=1S/C61H57F6N3/c1-56(2,3)37-18-24-50-43(30-37)44-31-38(57(4,5)6)19-25-51(44)69(50)49-23-17-36(55-47(60(62,63)64)14-13-15-48(55)61(65,66)67)29-42(49)41-22-16-35(34-68)28-54(41)70-52-26-20-39(58(7,8)9)32-45(52)46-33-40(59(10,11)12)21-27-53(46)70/h13-33H,1-12H3. The molecule has 9 aromatic rings. The Bertz CT molecular complexity index is 3440. The molecule has 9 heteroatoms. The van der Waals surface area contributed by atoms with Crippen molar-refractivity contribution in [3.05, 3.63) is 166 Å². The summed E-state index contributed by atoms with van der Waals surface area (Å²) < 4.78 is 94.4. The van der Waals surface area contributed by atoms with Crippen molar-refractivity contribution >= 4 is 43.6 Å². The summed E-state index contributed by atoms with van der Waals surface area (Å²) >= 11 is 0. The Morgan fingerprint density at radius 1 is 0.386 bits per heavy atom. The Labute approximate surface area is 406 Å². The highest BCUT2D eigenvalue weighted by Gasteiger charge is 2.41. The molecule has 70 heavy (non-hydrogen) atoms. The van der Waals surface area contributed by atoms with Gasteiger partial charge in [0.2, 0.25) is 0 Å². The van der Waals surface area contributed by atoms with Gasteiger partial charge in [0.05, 0.1) is 56.2 Å². The molecule has 0 unspecified atom stereocenters. The monoisotopic (exact) mass is 945 g/mol. The third-order valence-electron chi connectivity index (χ3n) is 13.9. The van der Waals surface area contributed by atoms with E-state index in [1.54, 1.807) is 24.3 Å². The Morgan fingerprint density at radius 2 is 0.757 bits per heavy atom. The molecule has 9 rings (SSSR count). The van der Waals surface area contributed by atoms with E-state index in [1.807, 2.05) is 0 Å². The van der Waals surface area contributed by atoms with Crippen LogP contribution < -0.4 is 0 Å². The van der Waals surface area contributed by atoms with Crippen LogP contribution in [0.15, 0.2) is 127 Å². The minimum absolute atomic E-state index is 0.197. The first-order chi connectivity index (χ1) is 32.5. The Hall–Kier alpha value is -6.79. The molecule has 2 heterocycles. The average Bonchev–Trinajstić information content (AvgIpc) is 3.78. The maximum Gasteiger partial charge on any atom is 0.417 e. The Morgan fingerprint density at radius 3 is 1.10 bits per heavy atom. The van der Waals surface area contributed by atoms with Crippen LogP contribution in [0.5, 0.6) is 0 Å². The molecule has 358 valence electrons. The van der Waals surface area contributed by atoms with Crippen molar-refractivity contribution in [3.63, 3.8) is 0 Å². The highest BCUT2D eigenvalue weighted by Crippen LogP contribution is 2.49. The quantitative estimate of drug-likeness (QED) is 0.162. The van der Waals surface area contributed by atoms with Crippen LogP contribution in [0.4, 0.5) is 26.3 Å². The Balaban J connectivity index is 1.47. The number of aromatic nitrogens is 2. The van der Waals surface area contributed by atoms with Gasteiger partial charge in [-0.05, 0) is 134 Å². The van der Waals surface area contributed by atoms with E-state index >= 15 is 26.3 Å². The second-order valence-electron chi connectivity index (χ2n) is 22.9. The average molecular weight is 946 g/mol. The van der Waals surface area contributed by atoms with E-state index in [1.165, 1.54) is 12.1 Å². The summed E-state index contributed by atoms with van der Waals surface area (Å²) in [6.45, 7) is 25.8. The number of rotatable bonds is 4. The zero-order chi connectivity index (χ0) is 50.8. The SMILES string of the molecule is CC(C)(C)c1ccc2c(c1)c1cc(C(C)(C)C)ccc1n2-c1ccc(-c2c(C(F)(F)F)cccc2C(F)(F)F)cc1-c1ccc(C#N)cc1-n1c2ccc(C(C)(C)C)cc2c2cc(C(C)(C)C)ccc21. The predicted octanol–water partition coefficient (Wildman–Crippen LogP) is 18.3. The highest BCUT2D eigenvalue weighted by molar-refractivity contribution is 6.12. The van der Waals surface area contributed by atoms with E-state index < -0.39 is 29.0 Å². The molecule has 0 atom stereocenters. The van der Waals surface area contributed by atoms with Gasteiger partial charge in [0.15, 0.2) is 0 Å². The van der Waals surface area contributed by atoms with Gasteiger partial charge in [0.1, 0.15) is 0 Å². The van der Waals surface area contributed by atoms with Gasteiger partial charge in [-0.2, -0.15) is 31.6 Å². The van der Waals surface area contributed by atoms with Gasteiger partial charge in [-0.3, -0.25) is 0 Å². The number of hydrogen-bond acceptors (Lipinski definition) is 1. The molecule has 0 N–H and O–H groups in total. The maximum atomic E-state index is 15.0. The summed E-state index contributed by atoms with van der Waals surface area (Å²) in [6.07, 6.45) is -10.2. The van der Waals surface area contributed by atoms with Crippen molar-refractivity contribution in [3.8, 4) is 39.7 Å². The lowest BCUT2D eigenvalue weighted by Gasteiger charge is -2.23. The molecule has 0 saturated heterocycles. The lowest BCUT2D eigenvalue weighted by atomic mass is 9.85. The summed E-state index contributed by atoms with van der Waals surface area (Å²) in [4.78, 5) is 0. The van der Waals surface area contributed by atoms with Crippen LogP contribution in [-0.4, -0.2) is 9.13 Å². The molecule has 0 spiro atoms. The zero-order valence-electron chi connectivity index (χ0n) is 41.7. The van der Waals surface area contributed by atoms with Crippen LogP contribution in [0.25, 0.3) is 77.2 Å². The third-order valence-corrected chi connectivity index (χ3v) is 13.9. The molecule has 2 aromatic heterocycles. The van der Waals surface area contributed by atoms with Gasteiger partial charge in [0, 0.05) is 38.2 Å². The molecule has 0 aliphatic rings.